The molecule has 0 saturated carbocycles. The van der Waals surface area contributed by atoms with Gasteiger partial charge in [-0.1, -0.05) is 13.8 Å². The van der Waals surface area contributed by atoms with Gasteiger partial charge in [-0.2, -0.15) is 0 Å². The van der Waals surface area contributed by atoms with Crippen LogP contribution in [0, 0.1) is 24.2 Å². The summed E-state index contributed by atoms with van der Waals surface area (Å²) in [5, 5.41) is 10.2. The zero-order valence-corrected chi connectivity index (χ0v) is 10.3. The largest absolute Gasteiger partial charge is 0.392 e. The molecule has 1 saturated heterocycles. The molecule has 16 heavy (non-hydrogen) atoms. The second-order valence-corrected chi connectivity index (χ2v) is 4.33. The third-order valence-electron chi connectivity index (χ3n) is 3.31. The Labute approximate surface area is 98.1 Å². The van der Waals surface area contributed by atoms with Gasteiger partial charge in [-0.25, -0.2) is 0 Å². The van der Waals surface area contributed by atoms with Gasteiger partial charge in [0, 0.05) is 24.9 Å². The molecule has 0 amide bonds. The number of rotatable bonds is 4. The van der Waals surface area contributed by atoms with E-state index < -0.39 is 6.10 Å². The van der Waals surface area contributed by atoms with Crippen molar-refractivity contribution in [3.8, 4) is 12.3 Å². The SMILES string of the molecule is C#CCC1C(O)[C@@H](C)C(CC)O[C@H]1OCC. The first-order valence-corrected chi connectivity index (χ1v) is 6.04. The summed E-state index contributed by atoms with van der Waals surface area (Å²) in [5.41, 5.74) is 0. The lowest BCUT2D eigenvalue weighted by Crippen LogP contribution is -2.50. The summed E-state index contributed by atoms with van der Waals surface area (Å²) in [6.45, 7) is 6.55. The molecule has 0 spiro atoms. The lowest BCUT2D eigenvalue weighted by atomic mass is 9.82. The summed E-state index contributed by atoms with van der Waals surface area (Å²) in [7, 11) is 0. The van der Waals surface area contributed by atoms with Crippen LogP contribution in [0.4, 0.5) is 0 Å². The monoisotopic (exact) mass is 226 g/mol. The maximum Gasteiger partial charge on any atom is 0.164 e. The first kappa shape index (κ1) is 13.5. The van der Waals surface area contributed by atoms with Crippen LogP contribution in [0.15, 0.2) is 0 Å². The Morgan fingerprint density at radius 3 is 2.62 bits per heavy atom. The number of hydrogen-bond donors (Lipinski definition) is 1. The summed E-state index contributed by atoms with van der Waals surface area (Å²) >= 11 is 0. The van der Waals surface area contributed by atoms with Crippen molar-refractivity contribution in [2.24, 2.45) is 11.8 Å². The van der Waals surface area contributed by atoms with E-state index in [4.69, 9.17) is 15.9 Å². The molecular formula is C13H22O3. The minimum Gasteiger partial charge on any atom is -0.392 e. The van der Waals surface area contributed by atoms with E-state index in [0.717, 1.165) is 6.42 Å². The summed E-state index contributed by atoms with van der Waals surface area (Å²) < 4.78 is 11.4. The van der Waals surface area contributed by atoms with Crippen LogP contribution in [0.2, 0.25) is 0 Å². The average Bonchev–Trinajstić information content (AvgIpc) is 2.28. The number of terminal acetylenes is 1. The van der Waals surface area contributed by atoms with Crippen molar-refractivity contribution in [3.05, 3.63) is 0 Å². The molecule has 0 radical (unpaired) electrons. The Bertz CT molecular complexity index is 246. The van der Waals surface area contributed by atoms with E-state index in [2.05, 4.69) is 12.8 Å². The minimum atomic E-state index is -0.439. The maximum absolute atomic E-state index is 10.2. The van der Waals surface area contributed by atoms with Crippen LogP contribution >= 0.6 is 0 Å². The molecule has 0 aromatic carbocycles. The molecule has 0 aromatic rings. The highest BCUT2D eigenvalue weighted by Crippen LogP contribution is 2.33. The normalized spacial score (nSPS) is 39.3. The van der Waals surface area contributed by atoms with Crippen molar-refractivity contribution in [3.63, 3.8) is 0 Å². The molecule has 0 bridgehead atoms. The highest BCUT2D eigenvalue weighted by Gasteiger charge is 2.42. The van der Waals surface area contributed by atoms with Crippen molar-refractivity contribution >= 4 is 0 Å². The van der Waals surface area contributed by atoms with Crippen LogP contribution in [0.5, 0.6) is 0 Å². The molecule has 0 aliphatic carbocycles. The topological polar surface area (TPSA) is 38.7 Å². The Hall–Kier alpha value is -0.560. The van der Waals surface area contributed by atoms with E-state index in [0.29, 0.717) is 13.0 Å². The number of ether oxygens (including phenoxy) is 2. The van der Waals surface area contributed by atoms with Gasteiger partial charge in [-0.15, -0.1) is 12.3 Å². The van der Waals surface area contributed by atoms with E-state index in [1.54, 1.807) is 0 Å². The van der Waals surface area contributed by atoms with Crippen molar-refractivity contribution in [1.29, 1.82) is 0 Å². The van der Waals surface area contributed by atoms with Crippen molar-refractivity contribution in [2.75, 3.05) is 6.61 Å². The molecular weight excluding hydrogens is 204 g/mol. The third-order valence-corrected chi connectivity index (χ3v) is 3.31. The molecule has 1 heterocycles. The van der Waals surface area contributed by atoms with Crippen molar-refractivity contribution in [2.45, 2.75) is 52.1 Å². The predicted molar refractivity (Wildman–Crippen MR) is 62.7 cm³/mol. The van der Waals surface area contributed by atoms with Gasteiger partial charge in [0.15, 0.2) is 6.29 Å². The summed E-state index contributed by atoms with van der Waals surface area (Å²) in [6, 6.07) is 0. The Balaban J connectivity index is 2.76. The van der Waals surface area contributed by atoms with E-state index >= 15 is 0 Å². The molecule has 0 aromatic heterocycles. The maximum atomic E-state index is 10.2. The van der Waals surface area contributed by atoms with Crippen LogP contribution in [-0.4, -0.2) is 30.2 Å². The average molecular weight is 226 g/mol. The highest BCUT2D eigenvalue weighted by atomic mass is 16.7. The van der Waals surface area contributed by atoms with E-state index in [-0.39, 0.29) is 24.2 Å². The third kappa shape index (κ3) is 2.76. The molecule has 1 N–H and O–H groups in total. The Morgan fingerprint density at radius 2 is 2.12 bits per heavy atom. The van der Waals surface area contributed by atoms with Crippen LogP contribution in [0.25, 0.3) is 0 Å². The molecule has 1 rings (SSSR count). The Kier molecular flexibility index (Phi) is 5.27. The zero-order chi connectivity index (χ0) is 12.1. The molecule has 3 nitrogen and oxygen atoms in total. The van der Waals surface area contributed by atoms with Crippen LogP contribution in [-0.2, 0) is 9.47 Å². The molecule has 1 fully saturated rings. The zero-order valence-electron chi connectivity index (χ0n) is 10.3. The van der Waals surface area contributed by atoms with E-state index in [1.165, 1.54) is 0 Å². The molecule has 92 valence electrons. The van der Waals surface area contributed by atoms with Gasteiger partial charge in [-0.3, -0.25) is 0 Å². The van der Waals surface area contributed by atoms with Gasteiger partial charge in [0.05, 0.1) is 12.2 Å². The van der Waals surface area contributed by atoms with Gasteiger partial charge in [-0.05, 0) is 13.3 Å². The van der Waals surface area contributed by atoms with Gasteiger partial charge in [0.2, 0.25) is 0 Å². The standard InChI is InChI=1S/C13H22O3/c1-5-8-10-12(14)9(4)11(6-2)16-13(10)15-7-3/h1,9-14H,6-8H2,2-4H3/t9-,10?,11?,12?,13+/m0/s1. The molecule has 1 aliphatic heterocycles. The van der Waals surface area contributed by atoms with Crippen LogP contribution in [0.1, 0.15) is 33.6 Å². The molecule has 1 aliphatic rings. The van der Waals surface area contributed by atoms with Crippen LogP contribution < -0.4 is 0 Å². The Morgan fingerprint density at radius 1 is 1.44 bits per heavy atom. The fraction of sp³-hybridized carbons (Fsp3) is 0.846. The fourth-order valence-electron chi connectivity index (χ4n) is 2.32. The number of aliphatic hydroxyl groups is 1. The number of aliphatic hydroxyl groups excluding tert-OH is 1. The molecule has 3 heteroatoms. The highest BCUT2D eigenvalue weighted by molar-refractivity contribution is 4.95. The van der Waals surface area contributed by atoms with E-state index in [1.807, 2.05) is 13.8 Å². The van der Waals surface area contributed by atoms with Gasteiger partial charge >= 0.3 is 0 Å². The summed E-state index contributed by atoms with van der Waals surface area (Å²) in [6.07, 6.45) is 5.95. The minimum absolute atomic E-state index is 0.0561. The van der Waals surface area contributed by atoms with Crippen molar-refractivity contribution in [1.82, 2.24) is 0 Å². The fourth-order valence-corrected chi connectivity index (χ4v) is 2.32. The lowest BCUT2D eigenvalue weighted by Gasteiger charge is -2.42. The van der Waals surface area contributed by atoms with Gasteiger partial charge in [0.25, 0.3) is 0 Å². The van der Waals surface area contributed by atoms with Crippen molar-refractivity contribution < 1.29 is 14.6 Å². The van der Waals surface area contributed by atoms with Gasteiger partial charge < -0.3 is 14.6 Å². The number of hydrogen-bond acceptors (Lipinski definition) is 3. The van der Waals surface area contributed by atoms with Gasteiger partial charge in [0.1, 0.15) is 0 Å². The first-order chi connectivity index (χ1) is 7.65. The predicted octanol–water partition coefficient (Wildman–Crippen LogP) is 1.79. The summed E-state index contributed by atoms with van der Waals surface area (Å²) in [4.78, 5) is 0. The quantitative estimate of drug-likeness (QED) is 0.743. The first-order valence-electron chi connectivity index (χ1n) is 6.04. The second kappa shape index (κ2) is 6.24. The van der Waals surface area contributed by atoms with Crippen LogP contribution in [0.3, 0.4) is 0 Å². The molecule has 5 atom stereocenters. The smallest absolute Gasteiger partial charge is 0.164 e. The van der Waals surface area contributed by atoms with E-state index in [9.17, 15) is 5.11 Å². The summed E-state index contributed by atoms with van der Waals surface area (Å²) in [5.74, 6) is 2.59. The lowest BCUT2D eigenvalue weighted by molar-refractivity contribution is -0.263. The second-order valence-electron chi connectivity index (χ2n) is 4.33. The molecule has 3 unspecified atom stereocenters.